The predicted molar refractivity (Wildman–Crippen MR) is 111 cm³/mol. The maximum absolute atomic E-state index is 12.7. The van der Waals surface area contributed by atoms with Gasteiger partial charge in [-0.3, -0.25) is 15.0 Å². The first-order chi connectivity index (χ1) is 13.8. The minimum absolute atomic E-state index is 0.0226. The number of amides is 3. The molecule has 1 aliphatic carbocycles. The molecular formula is C20H30N4O4S. The lowest BCUT2D eigenvalue weighted by molar-refractivity contribution is -0.125. The van der Waals surface area contributed by atoms with E-state index in [1.807, 2.05) is 23.1 Å². The van der Waals surface area contributed by atoms with E-state index >= 15 is 0 Å². The molecule has 8 nitrogen and oxygen atoms in total. The minimum Gasteiger partial charge on any atom is -0.335 e. The summed E-state index contributed by atoms with van der Waals surface area (Å²) in [5.41, 5.74) is 0.760. The van der Waals surface area contributed by atoms with E-state index in [1.165, 1.54) is 4.31 Å². The summed E-state index contributed by atoms with van der Waals surface area (Å²) < 4.78 is 26.8. The van der Waals surface area contributed by atoms with Gasteiger partial charge >= 0.3 is 6.03 Å². The Balaban J connectivity index is 1.46. The van der Waals surface area contributed by atoms with Crippen LogP contribution in [0.5, 0.6) is 0 Å². The van der Waals surface area contributed by atoms with E-state index < -0.39 is 22.1 Å². The van der Waals surface area contributed by atoms with Crippen LogP contribution in [0, 0.1) is 0 Å². The van der Waals surface area contributed by atoms with Crippen molar-refractivity contribution in [2.45, 2.75) is 50.4 Å². The molecular weight excluding hydrogens is 392 g/mol. The summed E-state index contributed by atoms with van der Waals surface area (Å²) in [5.74, 6) is -0.383. The number of hydrogen-bond donors (Lipinski definition) is 2. The number of urea groups is 1. The highest BCUT2D eigenvalue weighted by Gasteiger charge is 2.31. The van der Waals surface area contributed by atoms with Crippen LogP contribution < -0.4 is 10.6 Å². The number of carbonyl (C=O) groups is 2. The van der Waals surface area contributed by atoms with E-state index in [4.69, 9.17) is 0 Å². The Morgan fingerprint density at radius 1 is 1.07 bits per heavy atom. The maximum atomic E-state index is 12.7. The minimum atomic E-state index is -3.40. The molecule has 1 atom stereocenters. The monoisotopic (exact) mass is 422 g/mol. The summed E-state index contributed by atoms with van der Waals surface area (Å²) in [7, 11) is -3.40. The first-order valence-corrected chi connectivity index (χ1v) is 11.8. The molecule has 1 aromatic rings. The van der Waals surface area contributed by atoms with E-state index in [0.29, 0.717) is 26.2 Å². The van der Waals surface area contributed by atoms with Crippen molar-refractivity contribution in [1.82, 2.24) is 19.8 Å². The summed E-state index contributed by atoms with van der Waals surface area (Å²) in [6, 6.07) is 8.32. The molecule has 1 saturated heterocycles. The highest BCUT2D eigenvalue weighted by Crippen LogP contribution is 2.17. The predicted octanol–water partition coefficient (Wildman–Crippen LogP) is 1.29. The van der Waals surface area contributed by atoms with Gasteiger partial charge in [-0.15, -0.1) is 0 Å². The Morgan fingerprint density at radius 3 is 2.31 bits per heavy atom. The lowest BCUT2D eigenvalue weighted by Gasteiger charge is -2.36. The fourth-order valence-electron chi connectivity index (χ4n) is 3.92. The van der Waals surface area contributed by atoms with Crippen LogP contribution >= 0.6 is 0 Å². The van der Waals surface area contributed by atoms with Gasteiger partial charge in [0.25, 0.3) is 0 Å². The average Bonchev–Trinajstić information content (AvgIpc) is 3.20. The number of nitrogens with zero attached hydrogens (tertiary/aromatic N) is 2. The smallest absolute Gasteiger partial charge is 0.321 e. The second-order valence-corrected chi connectivity index (χ2v) is 9.77. The SMILES string of the molecule is C[C@@H](C(=O)NC(=O)NC1CCCC1)N1CCN(S(=O)(=O)Cc2ccccc2)CC1. The third-order valence-corrected chi connectivity index (χ3v) is 7.56. The van der Waals surface area contributed by atoms with Gasteiger partial charge in [-0.25, -0.2) is 13.2 Å². The van der Waals surface area contributed by atoms with Crippen LogP contribution in [0.4, 0.5) is 4.79 Å². The first-order valence-electron chi connectivity index (χ1n) is 10.2. The van der Waals surface area contributed by atoms with Crippen molar-refractivity contribution in [2.24, 2.45) is 0 Å². The molecule has 1 heterocycles. The Bertz CT molecular complexity index is 801. The Labute approximate surface area is 172 Å². The zero-order chi connectivity index (χ0) is 20.9. The van der Waals surface area contributed by atoms with Crippen LogP contribution in [0.2, 0.25) is 0 Å². The highest BCUT2D eigenvalue weighted by atomic mass is 32.2. The molecule has 0 radical (unpaired) electrons. The van der Waals surface area contributed by atoms with Crippen molar-refractivity contribution in [3.05, 3.63) is 35.9 Å². The van der Waals surface area contributed by atoms with Gasteiger partial charge in [0.2, 0.25) is 15.9 Å². The number of imide groups is 1. The Morgan fingerprint density at radius 2 is 1.69 bits per heavy atom. The molecule has 0 unspecified atom stereocenters. The topological polar surface area (TPSA) is 98.8 Å². The van der Waals surface area contributed by atoms with Crippen molar-refractivity contribution >= 4 is 22.0 Å². The van der Waals surface area contributed by atoms with Crippen molar-refractivity contribution < 1.29 is 18.0 Å². The number of hydrogen-bond acceptors (Lipinski definition) is 5. The van der Waals surface area contributed by atoms with Crippen molar-refractivity contribution in [2.75, 3.05) is 26.2 Å². The van der Waals surface area contributed by atoms with Crippen molar-refractivity contribution in [1.29, 1.82) is 0 Å². The van der Waals surface area contributed by atoms with Crippen LogP contribution in [0.15, 0.2) is 30.3 Å². The molecule has 3 amide bonds. The van der Waals surface area contributed by atoms with E-state index in [9.17, 15) is 18.0 Å². The van der Waals surface area contributed by atoms with Crippen LogP contribution in [0.25, 0.3) is 0 Å². The molecule has 2 aliphatic rings. The normalized spacial score (nSPS) is 20.3. The Kier molecular flexibility index (Phi) is 7.26. The molecule has 0 spiro atoms. The Hall–Kier alpha value is -1.97. The molecule has 1 aliphatic heterocycles. The average molecular weight is 423 g/mol. The summed E-state index contributed by atoms with van der Waals surface area (Å²) >= 11 is 0. The third-order valence-electron chi connectivity index (χ3n) is 5.71. The molecule has 0 bridgehead atoms. The number of rotatable bonds is 6. The van der Waals surface area contributed by atoms with Crippen molar-refractivity contribution in [3.63, 3.8) is 0 Å². The summed E-state index contributed by atoms with van der Waals surface area (Å²) in [5, 5.41) is 5.26. The second kappa shape index (κ2) is 9.69. The fourth-order valence-corrected chi connectivity index (χ4v) is 5.43. The lowest BCUT2D eigenvalue weighted by atomic mass is 10.2. The molecule has 3 rings (SSSR count). The maximum Gasteiger partial charge on any atom is 0.321 e. The van der Waals surface area contributed by atoms with Crippen molar-refractivity contribution in [3.8, 4) is 0 Å². The van der Waals surface area contributed by atoms with Gasteiger partial charge in [-0.2, -0.15) is 4.31 Å². The number of carbonyl (C=O) groups excluding carboxylic acids is 2. The molecule has 9 heteroatoms. The number of piperazine rings is 1. The summed E-state index contributed by atoms with van der Waals surface area (Å²) in [4.78, 5) is 26.3. The zero-order valence-electron chi connectivity index (χ0n) is 16.8. The van der Waals surface area contributed by atoms with Gasteiger partial charge in [-0.05, 0) is 25.3 Å². The van der Waals surface area contributed by atoms with Gasteiger partial charge in [0, 0.05) is 32.2 Å². The number of nitrogens with one attached hydrogen (secondary N) is 2. The van der Waals surface area contributed by atoms with Gasteiger partial charge in [-0.1, -0.05) is 43.2 Å². The molecule has 2 N–H and O–H groups in total. The van der Waals surface area contributed by atoms with Gasteiger partial charge in [0.15, 0.2) is 0 Å². The second-order valence-electron chi connectivity index (χ2n) is 7.80. The summed E-state index contributed by atoms with van der Waals surface area (Å²) in [6.07, 6.45) is 4.12. The van der Waals surface area contributed by atoms with Crippen LogP contribution in [0.3, 0.4) is 0 Å². The molecule has 160 valence electrons. The molecule has 0 aromatic heterocycles. The molecule has 2 fully saturated rings. The lowest BCUT2D eigenvalue weighted by Crippen LogP contribution is -2.56. The van der Waals surface area contributed by atoms with E-state index in [1.54, 1.807) is 19.1 Å². The van der Waals surface area contributed by atoms with E-state index in [0.717, 1.165) is 31.2 Å². The third kappa shape index (κ3) is 6.01. The van der Waals surface area contributed by atoms with Gasteiger partial charge < -0.3 is 5.32 Å². The van der Waals surface area contributed by atoms with E-state index in [2.05, 4.69) is 10.6 Å². The van der Waals surface area contributed by atoms with Gasteiger partial charge in [0.05, 0.1) is 11.8 Å². The highest BCUT2D eigenvalue weighted by molar-refractivity contribution is 7.88. The van der Waals surface area contributed by atoms with E-state index in [-0.39, 0.29) is 17.7 Å². The number of sulfonamides is 1. The quantitative estimate of drug-likeness (QED) is 0.720. The van der Waals surface area contributed by atoms with Crippen LogP contribution in [-0.4, -0.2) is 67.8 Å². The van der Waals surface area contributed by atoms with Crippen LogP contribution in [0.1, 0.15) is 38.2 Å². The molecule has 1 saturated carbocycles. The molecule has 1 aromatic carbocycles. The standard InChI is InChI=1S/C20H30N4O4S/c1-16(19(25)22-20(26)21-18-9-5-6-10-18)23-11-13-24(14-12-23)29(27,28)15-17-7-3-2-4-8-17/h2-4,7-8,16,18H,5-6,9-15H2,1H3,(H2,21,22,25,26)/t16-/m0/s1. The van der Waals surface area contributed by atoms with Crippen LogP contribution in [-0.2, 0) is 20.6 Å². The van der Waals surface area contributed by atoms with Gasteiger partial charge in [0.1, 0.15) is 0 Å². The first kappa shape index (κ1) is 21.7. The summed E-state index contributed by atoms with van der Waals surface area (Å²) in [6.45, 7) is 3.31. The zero-order valence-corrected chi connectivity index (χ0v) is 17.7. The largest absolute Gasteiger partial charge is 0.335 e. The fraction of sp³-hybridized carbons (Fsp3) is 0.600. The molecule has 29 heavy (non-hydrogen) atoms. The number of benzene rings is 1.